The number of rotatable bonds is 5. The summed E-state index contributed by atoms with van der Waals surface area (Å²) < 4.78 is 2.46. The van der Waals surface area contributed by atoms with Crippen molar-refractivity contribution in [2.45, 2.75) is 97.2 Å². The van der Waals surface area contributed by atoms with Gasteiger partial charge in [-0.1, -0.05) is 93.9 Å². The van der Waals surface area contributed by atoms with Crippen LogP contribution in [0.25, 0.3) is 21.8 Å². The Balaban J connectivity index is 1.41. The summed E-state index contributed by atoms with van der Waals surface area (Å²) in [6.45, 7) is 14.6. The number of fused-ring (bicyclic) bond motifs is 3. The zero-order valence-electron chi connectivity index (χ0n) is 26.3. The van der Waals surface area contributed by atoms with E-state index in [1.54, 1.807) is 5.57 Å². The van der Waals surface area contributed by atoms with Gasteiger partial charge in [0.25, 0.3) is 0 Å². The highest BCUT2D eigenvalue weighted by Crippen LogP contribution is 2.67. The fourth-order valence-corrected chi connectivity index (χ4v) is 10.2. The van der Waals surface area contributed by atoms with Gasteiger partial charge >= 0.3 is 0 Å². The van der Waals surface area contributed by atoms with Crippen LogP contribution in [-0.4, -0.2) is 16.4 Å². The molecule has 1 aromatic heterocycles. The average molecular weight is 558 g/mol. The van der Waals surface area contributed by atoms with Crippen LogP contribution in [0.2, 0.25) is 0 Å². The summed E-state index contributed by atoms with van der Waals surface area (Å²) >= 11 is 0. The molecule has 5 unspecified atom stereocenters. The van der Waals surface area contributed by atoms with E-state index in [4.69, 9.17) is 0 Å². The minimum Gasteiger partial charge on any atom is -0.344 e. The molecule has 0 radical (unpaired) electrons. The van der Waals surface area contributed by atoms with Gasteiger partial charge in [-0.25, -0.2) is 0 Å². The van der Waals surface area contributed by atoms with Crippen molar-refractivity contribution in [3.8, 4) is 0 Å². The largest absolute Gasteiger partial charge is 0.344 e. The molecule has 4 aromatic rings. The van der Waals surface area contributed by atoms with E-state index in [9.17, 15) is 0 Å². The second kappa shape index (κ2) is 9.15. The maximum Gasteiger partial charge on any atom is 0.124 e. The molecule has 4 bridgehead atoms. The van der Waals surface area contributed by atoms with E-state index in [1.165, 1.54) is 70.7 Å². The topological polar surface area (TPSA) is 20.2 Å². The fourth-order valence-electron chi connectivity index (χ4n) is 10.2. The van der Waals surface area contributed by atoms with Crippen LogP contribution in [0, 0.1) is 23.2 Å². The summed E-state index contributed by atoms with van der Waals surface area (Å²) in [7, 11) is 0. The van der Waals surface area contributed by atoms with E-state index >= 15 is 0 Å². The molecule has 42 heavy (non-hydrogen) atoms. The molecular formula is C39H47N3. The Morgan fingerprint density at radius 2 is 1.38 bits per heavy atom. The van der Waals surface area contributed by atoms with Crippen LogP contribution in [-0.2, 0) is 0 Å². The normalized spacial score (nSPS) is 29.5. The number of anilines is 1. The molecule has 3 aromatic carbocycles. The van der Waals surface area contributed by atoms with Crippen molar-refractivity contribution in [1.29, 1.82) is 0 Å². The van der Waals surface area contributed by atoms with Gasteiger partial charge in [-0.05, 0) is 98.8 Å². The predicted octanol–water partition coefficient (Wildman–Crippen LogP) is 9.96. The Bertz CT molecular complexity index is 1640. The predicted molar refractivity (Wildman–Crippen MR) is 178 cm³/mol. The van der Waals surface area contributed by atoms with Gasteiger partial charge in [-0.2, -0.15) is 0 Å². The molecule has 3 fully saturated rings. The van der Waals surface area contributed by atoms with E-state index in [2.05, 4.69) is 129 Å². The fraction of sp³-hybridized carbons (Fsp3) is 0.487. The highest BCUT2D eigenvalue weighted by molar-refractivity contribution is 6.08. The van der Waals surface area contributed by atoms with Gasteiger partial charge in [-0.15, -0.1) is 0 Å². The van der Waals surface area contributed by atoms with E-state index in [0.29, 0.717) is 11.8 Å². The molecule has 3 nitrogen and oxygen atoms in total. The van der Waals surface area contributed by atoms with Gasteiger partial charge in [0, 0.05) is 27.4 Å². The number of nitrogens with zero attached hydrogens (tertiary/aromatic N) is 2. The number of allylic oxidation sites excluding steroid dienone is 1. The number of hydrogen-bond acceptors (Lipinski definition) is 2. The highest BCUT2D eigenvalue weighted by Gasteiger charge is 2.65. The van der Waals surface area contributed by atoms with E-state index in [1.807, 2.05) is 0 Å². The Labute approximate surface area is 252 Å². The summed E-state index contributed by atoms with van der Waals surface area (Å²) in [5, 5.41) is 2.65. The Morgan fingerprint density at radius 3 is 1.95 bits per heavy atom. The van der Waals surface area contributed by atoms with Gasteiger partial charge in [0.05, 0.1) is 11.0 Å². The van der Waals surface area contributed by atoms with Crippen molar-refractivity contribution in [2.24, 2.45) is 23.2 Å². The third-order valence-corrected chi connectivity index (χ3v) is 11.7. The van der Waals surface area contributed by atoms with Gasteiger partial charge in [-0.3, -0.25) is 4.68 Å². The molecule has 1 saturated heterocycles. The lowest BCUT2D eigenvalue weighted by molar-refractivity contribution is 0.0342. The molecule has 218 valence electrons. The van der Waals surface area contributed by atoms with Crippen LogP contribution in [0.4, 0.5) is 5.69 Å². The SMILES string of the molecule is CC(C)c1cccc(C(C)C)c1N1C(Nn2c3ccccc3c3ccccc32)C2(CC1(C)C)C1=CC3CC(C1)CC2C3. The summed E-state index contributed by atoms with van der Waals surface area (Å²) in [6, 6.07) is 25.0. The third-order valence-electron chi connectivity index (χ3n) is 11.7. The van der Waals surface area contributed by atoms with Crippen molar-refractivity contribution >= 4 is 27.5 Å². The zero-order valence-corrected chi connectivity index (χ0v) is 26.3. The first-order chi connectivity index (χ1) is 20.2. The molecule has 5 atom stereocenters. The van der Waals surface area contributed by atoms with Crippen molar-refractivity contribution in [3.63, 3.8) is 0 Å². The minimum atomic E-state index is 0.00126. The second-order valence-electron chi connectivity index (χ2n) is 15.3. The van der Waals surface area contributed by atoms with Gasteiger partial charge < -0.3 is 10.3 Å². The van der Waals surface area contributed by atoms with Crippen molar-refractivity contribution in [3.05, 3.63) is 89.5 Å². The van der Waals surface area contributed by atoms with Crippen molar-refractivity contribution in [1.82, 2.24) is 4.68 Å². The van der Waals surface area contributed by atoms with Crippen LogP contribution >= 0.6 is 0 Å². The first kappa shape index (κ1) is 26.4. The van der Waals surface area contributed by atoms with Crippen molar-refractivity contribution < 1.29 is 0 Å². The lowest BCUT2D eigenvalue weighted by Crippen LogP contribution is -2.58. The van der Waals surface area contributed by atoms with Crippen LogP contribution in [0.15, 0.2) is 78.4 Å². The van der Waals surface area contributed by atoms with Crippen LogP contribution in [0.5, 0.6) is 0 Å². The van der Waals surface area contributed by atoms with E-state index in [0.717, 1.165) is 17.8 Å². The lowest BCUT2D eigenvalue weighted by Gasteiger charge is -2.58. The average Bonchev–Trinajstić information content (AvgIpc) is 3.40. The standard InChI is InChI=1S/C39H47N3/c1-24(2)30-14-11-15-31(25(3)4)36(30)41-37(40-42-34-16-9-7-12-32(34)33-13-8-10-17-35(33)42)39(23-38(41,5)6)28-19-26-18-27(21-28)22-29(39)20-26/h7-17,19,24-27,29,37,40H,18,20-23H2,1-6H3. The zero-order chi connectivity index (χ0) is 29.0. The minimum absolute atomic E-state index is 0.00126. The summed E-state index contributed by atoms with van der Waals surface area (Å²) in [4.78, 5) is 2.89. The maximum atomic E-state index is 4.36. The van der Waals surface area contributed by atoms with Gasteiger partial charge in [0.1, 0.15) is 6.17 Å². The molecule has 5 aliphatic rings. The molecule has 2 saturated carbocycles. The Morgan fingerprint density at radius 1 is 0.762 bits per heavy atom. The van der Waals surface area contributed by atoms with Crippen LogP contribution in [0.3, 0.4) is 0 Å². The Kier molecular flexibility index (Phi) is 5.76. The van der Waals surface area contributed by atoms with E-state index in [-0.39, 0.29) is 17.1 Å². The molecule has 0 amide bonds. The molecule has 1 N–H and O–H groups in total. The summed E-state index contributed by atoms with van der Waals surface area (Å²) in [5.41, 5.74) is 13.3. The summed E-state index contributed by atoms with van der Waals surface area (Å²) in [6.07, 6.45) is 9.59. The summed E-state index contributed by atoms with van der Waals surface area (Å²) in [5.74, 6) is 3.33. The molecule has 9 rings (SSSR count). The quantitative estimate of drug-likeness (QED) is 0.246. The molecule has 1 aliphatic heterocycles. The lowest BCUT2D eigenvalue weighted by atomic mass is 9.48. The molecule has 1 spiro atoms. The van der Waals surface area contributed by atoms with Gasteiger partial charge in [0.15, 0.2) is 0 Å². The number of nitrogens with one attached hydrogen (secondary N) is 1. The Hall–Kier alpha value is -3.20. The highest BCUT2D eigenvalue weighted by atomic mass is 15.5. The molecular weight excluding hydrogens is 510 g/mol. The number of hydrogen-bond donors (Lipinski definition) is 1. The molecule has 2 heterocycles. The van der Waals surface area contributed by atoms with Gasteiger partial charge in [0.2, 0.25) is 0 Å². The second-order valence-corrected chi connectivity index (χ2v) is 15.3. The van der Waals surface area contributed by atoms with Crippen LogP contribution in [0.1, 0.15) is 96.6 Å². The smallest absolute Gasteiger partial charge is 0.124 e. The monoisotopic (exact) mass is 557 g/mol. The van der Waals surface area contributed by atoms with Crippen LogP contribution < -0.4 is 10.3 Å². The first-order valence-corrected chi connectivity index (χ1v) is 16.6. The molecule has 3 heteroatoms. The number of benzene rings is 3. The first-order valence-electron chi connectivity index (χ1n) is 16.6. The van der Waals surface area contributed by atoms with Crippen molar-refractivity contribution in [2.75, 3.05) is 10.3 Å². The molecule has 4 aliphatic carbocycles. The number of para-hydroxylation sites is 3. The maximum absolute atomic E-state index is 4.36. The third kappa shape index (κ3) is 3.58. The number of aromatic nitrogens is 1. The van der Waals surface area contributed by atoms with E-state index < -0.39 is 0 Å².